The molecule has 0 aromatic carbocycles. The van der Waals surface area contributed by atoms with Crippen LogP contribution in [0.4, 0.5) is 0 Å². The molecule has 2 nitrogen and oxygen atoms in total. The van der Waals surface area contributed by atoms with Crippen LogP contribution in [0.3, 0.4) is 0 Å². The lowest BCUT2D eigenvalue weighted by Gasteiger charge is -2.08. The summed E-state index contributed by atoms with van der Waals surface area (Å²) in [5.41, 5.74) is 0. The lowest BCUT2D eigenvalue weighted by molar-refractivity contribution is -0.0547. The summed E-state index contributed by atoms with van der Waals surface area (Å²) in [7, 11) is 0. The highest BCUT2D eigenvalue weighted by Gasteiger charge is 2.02. The lowest BCUT2D eigenvalue weighted by atomic mass is 10.1. The summed E-state index contributed by atoms with van der Waals surface area (Å²) in [5.74, 6) is 0.426. The van der Waals surface area contributed by atoms with Gasteiger partial charge in [0.25, 0.3) is 0 Å². The van der Waals surface area contributed by atoms with Crippen LogP contribution in [0.15, 0.2) is 0 Å². The minimum absolute atomic E-state index is 0.426. The number of aliphatic hydroxyl groups is 2. The Labute approximate surface area is 50.2 Å². The molecule has 0 fully saturated rings. The van der Waals surface area contributed by atoms with Gasteiger partial charge in [-0.3, -0.25) is 0 Å². The van der Waals surface area contributed by atoms with E-state index in [0.717, 1.165) is 6.42 Å². The molecular formula is C6H14O2. The molecule has 0 aliphatic rings. The molecule has 0 aliphatic heterocycles. The van der Waals surface area contributed by atoms with Crippen molar-refractivity contribution in [3.05, 3.63) is 0 Å². The van der Waals surface area contributed by atoms with E-state index in [1.165, 1.54) is 0 Å². The zero-order valence-electron chi connectivity index (χ0n) is 5.46. The van der Waals surface area contributed by atoms with E-state index in [0.29, 0.717) is 12.3 Å². The van der Waals surface area contributed by atoms with Gasteiger partial charge in [-0.15, -0.1) is 0 Å². The van der Waals surface area contributed by atoms with E-state index in [-0.39, 0.29) is 0 Å². The standard InChI is InChI=1S/C6H14O2/c1-3-5(2)4-6(7)8/h5-8H,3-4H2,1-2H3. The summed E-state index contributed by atoms with van der Waals surface area (Å²) in [6, 6.07) is 0. The second kappa shape index (κ2) is 3.87. The van der Waals surface area contributed by atoms with Crippen molar-refractivity contribution in [1.29, 1.82) is 0 Å². The first-order valence-electron chi connectivity index (χ1n) is 3.03. The Balaban J connectivity index is 3.10. The second-order valence-corrected chi connectivity index (χ2v) is 2.23. The smallest absolute Gasteiger partial charge is 0.151 e. The first-order valence-corrected chi connectivity index (χ1v) is 3.03. The van der Waals surface area contributed by atoms with Crippen LogP contribution in [-0.2, 0) is 0 Å². The van der Waals surface area contributed by atoms with Gasteiger partial charge in [-0.05, 0) is 5.92 Å². The minimum atomic E-state index is -1.12. The van der Waals surface area contributed by atoms with E-state index < -0.39 is 6.29 Å². The fourth-order valence-electron chi connectivity index (χ4n) is 0.527. The fourth-order valence-corrected chi connectivity index (χ4v) is 0.527. The number of hydrogen-bond acceptors (Lipinski definition) is 2. The third-order valence-corrected chi connectivity index (χ3v) is 1.31. The Bertz CT molecular complexity index is 52.5. The van der Waals surface area contributed by atoms with Crippen LogP contribution in [0, 0.1) is 5.92 Å². The van der Waals surface area contributed by atoms with E-state index in [9.17, 15) is 0 Å². The summed E-state index contributed by atoms with van der Waals surface area (Å²) < 4.78 is 0. The molecule has 0 saturated carbocycles. The summed E-state index contributed by atoms with van der Waals surface area (Å²) in [6.07, 6.45) is 0.388. The third-order valence-electron chi connectivity index (χ3n) is 1.31. The molecule has 0 aromatic rings. The normalized spacial score (nSPS) is 14.6. The molecule has 0 heterocycles. The van der Waals surface area contributed by atoms with Crippen molar-refractivity contribution in [2.75, 3.05) is 0 Å². The maximum absolute atomic E-state index is 8.41. The van der Waals surface area contributed by atoms with Gasteiger partial charge < -0.3 is 10.2 Å². The van der Waals surface area contributed by atoms with Gasteiger partial charge in [0, 0.05) is 6.42 Å². The minimum Gasteiger partial charge on any atom is -0.368 e. The van der Waals surface area contributed by atoms with Crippen LogP contribution >= 0.6 is 0 Å². The highest BCUT2D eigenvalue weighted by atomic mass is 16.5. The van der Waals surface area contributed by atoms with Gasteiger partial charge in [0.15, 0.2) is 6.29 Å². The van der Waals surface area contributed by atoms with Crippen molar-refractivity contribution in [2.45, 2.75) is 33.0 Å². The third kappa shape index (κ3) is 4.09. The van der Waals surface area contributed by atoms with Gasteiger partial charge in [0.1, 0.15) is 0 Å². The predicted molar refractivity (Wildman–Crippen MR) is 32.3 cm³/mol. The highest BCUT2D eigenvalue weighted by Crippen LogP contribution is 2.07. The lowest BCUT2D eigenvalue weighted by Crippen LogP contribution is -2.09. The van der Waals surface area contributed by atoms with E-state index in [2.05, 4.69) is 0 Å². The van der Waals surface area contributed by atoms with Crippen molar-refractivity contribution in [2.24, 2.45) is 5.92 Å². The fraction of sp³-hybridized carbons (Fsp3) is 1.00. The van der Waals surface area contributed by atoms with Crippen molar-refractivity contribution < 1.29 is 10.2 Å². The molecule has 2 heteroatoms. The molecule has 1 atom stereocenters. The average molecular weight is 118 g/mol. The van der Waals surface area contributed by atoms with E-state index in [4.69, 9.17) is 10.2 Å². The number of hydrogen-bond donors (Lipinski definition) is 2. The van der Waals surface area contributed by atoms with Crippen LogP contribution in [0.2, 0.25) is 0 Å². The molecule has 8 heavy (non-hydrogen) atoms. The molecule has 0 aliphatic carbocycles. The van der Waals surface area contributed by atoms with Gasteiger partial charge in [-0.1, -0.05) is 20.3 Å². The Kier molecular flexibility index (Phi) is 3.83. The van der Waals surface area contributed by atoms with Crippen LogP contribution < -0.4 is 0 Å². The van der Waals surface area contributed by atoms with Crippen molar-refractivity contribution in [3.8, 4) is 0 Å². The monoisotopic (exact) mass is 118 g/mol. The number of rotatable bonds is 3. The molecule has 0 saturated heterocycles. The highest BCUT2D eigenvalue weighted by molar-refractivity contribution is 4.49. The first kappa shape index (κ1) is 7.92. The Morgan fingerprint density at radius 1 is 1.38 bits per heavy atom. The zero-order valence-corrected chi connectivity index (χ0v) is 5.46. The van der Waals surface area contributed by atoms with Gasteiger partial charge in [-0.25, -0.2) is 0 Å². The second-order valence-electron chi connectivity index (χ2n) is 2.23. The first-order chi connectivity index (χ1) is 3.66. The molecule has 0 bridgehead atoms. The van der Waals surface area contributed by atoms with Crippen LogP contribution in [-0.4, -0.2) is 16.5 Å². The summed E-state index contributed by atoms with van der Waals surface area (Å²) in [4.78, 5) is 0. The van der Waals surface area contributed by atoms with Gasteiger partial charge in [-0.2, -0.15) is 0 Å². The van der Waals surface area contributed by atoms with Crippen molar-refractivity contribution >= 4 is 0 Å². The molecule has 2 N–H and O–H groups in total. The number of aliphatic hydroxyl groups excluding tert-OH is 1. The summed E-state index contributed by atoms with van der Waals surface area (Å²) in [5, 5.41) is 16.8. The van der Waals surface area contributed by atoms with Crippen LogP contribution in [0.25, 0.3) is 0 Å². The zero-order chi connectivity index (χ0) is 6.57. The summed E-state index contributed by atoms with van der Waals surface area (Å²) in [6.45, 7) is 4.03. The molecule has 1 unspecified atom stereocenters. The topological polar surface area (TPSA) is 40.5 Å². The Morgan fingerprint density at radius 3 is 2.00 bits per heavy atom. The molecule has 0 aromatic heterocycles. The SMILES string of the molecule is CCC(C)CC(O)O. The van der Waals surface area contributed by atoms with Crippen molar-refractivity contribution in [1.82, 2.24) is 0 Å². The predicted octanol–water partition coefficient (Wildman–Crippen LogP) is 0.733. The molecule has 0 spiro atoms. The van der Waals surface area contributed by atoms with Gasteiger partial charge in [0.05, 0.1) is 0 Å². The maximum atomic E-state index is 8.41. The Hall–Kier alpha value is -0.0800. The van der Waals surface area contributed by atoms with E-state index in [1.807, 2.05) is 13.8 Å². The van der Waals surface area contributed by atoms with E-state index >= 15 is 0 Å². The Morgan fingerprint density at radius 2 is 1.88 bits per heavy atom. The van der Waals surface area contributed by atoms with Crippen LogP contribution in [0.5, 0.6) is 0 Å². The maximum Gasteiger partial charge on any atom is 0.151 e. The molecule has 0 radical (unpaired) electrons. The molecular weight excluding hydrogens is 104 g/mol. The van der Waals surface area contributed by atoms with Crippen molar-refractivity contribution in [3.63, 3.8) is 0 Å². The van der Waals surface area contributed by atoms with Gasteiger partial charge >= 0.3 is 0 Å². The summed E-state index contributed by atoms with van der Waals surface area (Å²) >= 11 is 0. The van der Waals surface area contributed by atoms with E-state index in [1.54, 1.807) is 0 Å². The molecule has 0 rings (SSSR count). The van der Waals surface area contributed by atoms with Crippen LogP contribution in [0.1, 0.15) is 26.7 Å². The quantitative estimate of drug-likeness (QED) is 0.536. The molecule has 50 valence electrons. The molecule has 0 amide bonds. The van der Waals surface area contributed by atoms with Gasteiger partial charge in [0.2, 0.25) is 0 Å². The average Bonchev–Trinajstić information content (AvgIpc) is 1.65. The largest absolute Gasteiger partial charge is 0.368 e.